The van der Waals surface area contributed by atoms with Gasteiger partial charge in [0, 0.05) is 11.9 Å². The third kappa shape index (κ3) is 4.73. The van der Waals surface area contributed by atoms with E-state index in [9.17, 15) is 9.59 Å². The number of esters is 1. The van der Waals surface area contributed by atoms with E-state index in [4.69, 9.17) is 4.74 Å². The third-order valence-corrected chi connectivity index (χ3v) is 4.02. The van der Waals surface area contributed by atoms with Crippen molar-refractivity contribution < 1.29 is 14.3 Å². The molecule has 1 amide bonds. The standard InChI is InChI=1S/C22H21N3O3/c1-3-28-22(27)18-6-4-5-7-19(18)25-21(26)16-10-13-20(23-14-16)24-17-11-8-15(2)9-12-17/h4-14H,3H2,1-2H3,(H,23,24)(H,25,26). The minimum absolute atomic E-state index is 0.264. The zero-order chi connectivity index (χ0) is 19.9. The highest BCUT2D eigenvalue weighted by molar-refractivity contribution is 6.07. The van der Waals surface area contributed by atoms with Crippen molar-refractivity contribution in [2.45, 2.75) is 13.8 Å². The Labute approximate surface area is 163 Å². The van der Waals surface area contributed by atoms with Gasteiger partial charge >= 0.3 is 5.97 Å². The van der Waals surface area contributed by atoms with Crippen LogP contribution in [0.2, 0.25) is 0 Å². The number of aromatic nitrogens is 1. The fourth-order valence-electron chi connectivity index (χ4n) is 2.56. The number of amides is 1. The second-order valence-electron chi connectivity index (χ2n) is 6.14. The summed E-state index contributed by atoms with van der Waals surface area (Å²) in [5.74, 6) is -0.201. The lowest BCUT2D eigenvalue weighted by Gasteiger charge is -2.11. The molecule has 0 aliphatic rings. The highest BCUT2D eigenvalue weighted by Crippen LogP contribution is 2.19. The molecule has 2 N–H and O–H groups in total. The highest BCUT2D eigenvalue weighted by atomic mass is 16.5. The Morgan fingerprint density at radius 1 is 1.00 bits per heavy atom. The summed E-state index contributed by atoms with van der Waals surface area (Å²) in [5.41, 5.74) is 3.18. The van der Waals surface area contributed by atoms with Crippen molar-refractivity contribution >= 4 is 29.1 Å². The molecule has 3 aromatic rings. The van der Waals surface area contributed by atoms with Crippen LogP contribution >= 0.6 is 0 Å². The zero-order valence-corrected chi connectivity index (χ0v) is 15.7. The molecule has 3 rings (SSSR count). The molecule has 1 heterocycles. The summed E-state index contributed by atoms with van der Waals surface area (Å²) in [7, 11) is 0. The van der Waals surface area contributed by atoms with Gasteiger partial charge in [-0.2, -0.15) is 0 Å². The van der Waals surface area contributed by atoms with Crippen molar-refractivity contribution in [2.75, 3.05) is 17.2 Å². The van der Waals surface area contributed by atoms with Crippen LogP contribution < -0.4 is 10.6 Å². The fraction of sp³-hybridized carbons (Fsp3) is 0.136. The normalized spacial score (nSPS) is 10.2. The van der Waals surface area contributed by atoms with Gasteiger partial charge in [0.1, 0.15) is 5.82 Å². The molecule has 0 spiro atoms. The smallest absolute Gasteiger partial charge is 0.340 e. The molecule has 0 aliphatic carbocycles. The Kier molecular flexibility index (Phi) is 6.01. The van der Waals surface area contributed by atoms with E-state index in [1.807, 2.05) is 31.2 Å². The van der Waals surface area contributed by atoms with Crippen LogP contribution in [0, 0.1) is 6.92 Å². The monoisotopic (exact) mass is 375 g/mol. The number of nitrogens with zero attached hydrogens (tertiary/aromatic N) is 1. The lowest BCUT2D eigenvalue weighted by atomic mass is 10.1. The van der Waals surface area contributed by atoms with E-state index in [1.165, 1.54) is 11.8 Å². The highest BCUT2D eigenvalue weighted by Gasteiger charge is 2.15. The van der Waals surface area contributed by atoms with Crippen molar-refractivity contribution in [3.63, 3.8) is 0 Å². The molecule has 0 fully saturated rings. The number of hydrogen-bond acceptors (Lipinski definition) is 5. The summed E-state index contributed by atoms with van der Waals surface area (Å²) in [6.07, 6.45) is 1.48. The first-order valence-corrected chi connectivity index (χ1v) is 8.94. The van der Waals surface area contributed by atoms with Crippen LogP contribution in [0.15, 0.2) is 66.9 Å². The van der Waals surface area contributed by atoms with Gasteiger partial charge in [0.05, 0.1) is 23.4 Å². The number of anilines is 3. The van der Waals surface area contributed by atoms with Gasteiger partial charge in [-0.1, -0.05) is 29.8 Å². The molecule has 0 bridgehead atoms. The summed E-state index contributed by atoms with van der Waals surface area (Å²) in [6.45, 7) is 4.02. The van der Waals surface area contributed by atoms with Gasteiger partial charge in [-0.05, 0) is 50.2 Å². The zero-order valence-electron chi connectivity index (χ0n) is 15.7. The Bertz CT molecular complexity index is 967. The number of carbonyl (C=O) groups excluding carboxylic acids is 2. The second-order valence-corrected chi connectivity index (χ2v) is 6.14. The summed E-state index contributed by atoms with van der Waals surface area (Å²) in [6, 6.07) is 18.1. The Hall–Kier alpha value is -3.67. The molecular formula is C22H21N3O3. The number of para-hydroxylation sites is 1. The minimum atomic E-state index is -0.478. The van der Waals surface area contributed by atoms with Gasteiger partial charge in [0.15, 0.2) is 0 Å². The summed E-state index contributed by atoms with van der Waals surface area (Å²) in [5, 5.41) is 5.92. The van der Waals surface area contributed by atoms with Gasteiger partial charge in [-0.15, -0.1) is 0 Å². The average Bonchev–Trinajstić information content (AvgIpc) is 2.71. The Morgan fingerprint density at radius 3 is 2.43 bits per heavy atom. The molecule has 142 valence electrons. The predicted molar refractivity (Wildman–Crippen MR) is 109 cm³/mol. The average molecular weight is 375 g/mol. The third-order valence-electron chi connectivity index (χ3n) is 4.02. The van der Waals surface area contributed by atoms with Crippen LogP contribution in [0.3, 0.4) is 0 Å². The number of rotatable bonds is 6. The number of ether oxygens (including phenoxy) is 1. The quantitative estimate of drug-likeness (QED) is 0.617. The summed E-state index contributed by atoms with van der Waals surface area (Å²) in [4.78, 5) is 28.8. The van der Waals surface area contributed by atoms with E-state index in [2.05, 4.69) is 15.6 Å². The number of pyridine rings is 1. The number of nitrogens with one attached hydrogen (secondary N) is 2. The summed E-state index contributed by atoms with van der Waals surface area (Å²) < 4.78 is 5.02. The number of benzene rings is 2. The van der Waals surface area contributed by atoms with E-state index in [1.54, 1.807) is 43.3 Å². The van der Waals surface area contributed by atoms with Crippen LogP contribution in [0.4, 0.5) is 17.2 Å². The molecule has 0 aliphatic heterocycles. The maximum Gasteiger partial charge on any atom is 0.340 e. The number of carbonyl (C=O) groups is 2. The topological polar surface area (TPSA) is 80.3 Å². The molecule has 6 nitrogen and oxygen atoms in total. The first kappa shape index (κ1) is 19.1. The van der Waals surface area contributed by atoms with E-state index in [0.717, 1.165) is 5.69 Å². The molecule has 0 atom stereocenters. The van der Waals surface area contributed by atoms with Gasteiger partial charge < -0.3 is 15.4 Å². The molecule has 6 heteroatoms. The minimum Gasteiger partial charge on any atom is -0.462 e. The van der Waals surface area contributed by atoms with Crippen molar-refractivity contribution in [3.05, 3.63) is 83.6 Å². The molecule has 0 saturated carbocycles. The lowest BCUT2D eigenvalue weighted by molar-refractivity contribution is 0.0527. The number of aryl methyl sites for hydroxylation is 1. The second kappa shape index (κ2) is 8.81. The molecule has 28 heavy (non-hydrogen) atoms. The first-order valence-electron chi connectivity index (χ1n) is 8.94. The van der Waals surface area contributed by atoms with Crippen LogP contribution in [0.1, 0.15) is 33.2 Å². The van der Waals surface area contributed by atoms with Gasteiger partial charge in [0.25, 0.3) is 5.91 Å². The van der Waals surface area contributed by atoms with Crippen molar-refractivity contribution in [1.29, 1.82) is 0 Å². The molecule has 1 aromatic heterocycles. The summed E-state index contributed by atoms with van der Waals surface area (Å²) >= 11 is 0. The van der Waals surface area contributed by atoms with Crippen LogP contribution in [0.25, 0.3) is 0 Å². The van der Waals surface area contributed by atoms with Crippen LogP contribution in [0.5, 0.6) is 0 Å². The lowest BCUT2D eigenvalue weighted by Crippen LogP contribution is -2.16. The maximum absolute atomic E-state index is 12.5. The van der Waals surface area contributed by atoms with Gasteiger partial charge in [-0.25, -0.2) is 9.78 Å². The molecular weight excluding hydrogens is 354 g/mol. The largest absolute Gasteiger partial charge is 0.462 e. The fourth-order valence-corrected chi connectivity index (χ4v) is 2.56. The molecule has 0 unspecified atom stereocenters. The van der Waals surface area contributed by atoms with E-state index in [0.29, 0.717) is 22.6 Å². The van der Waals surface area contributed by atoms with E-state index in [-0.39, 0.29) is 12.5 Å². The predicted octanol–water partition coefficient (Wildman–Crippen LogP) is 4.56. The Morgan fingerprint density at radius 2 is 1.75 bits per heavy atom. The van der Waals surface area contributed by atoms with Gasteiger partial charge in [0.2, 0.25) is 0 Å². The maximum atomic E-state index is 12.5. The number of hydrogen-bond donors (Lipinski definition) is 2. The first-order chi connectivity index (χ1) is 13.6. The van der Waals surface area contributed by atoms with E-state index < -0.39 is 5.97 Å². The molecule has 2 aromatic carbocycles. The van der Waals surface area contributed by atoms with Crippen molar-refractivity contribution in [1.82, 2.24) is 4.98 Å². The van der Waals surface area contributed by atoms with Crippen LogP contribution in [-0.2, 0) is 4.74 Å². The molecule has 0 radical (unpaired) electrons. The molecule has 0 saturated heterocycles. The Balaban J connectivity index is 1.70. The van der Waals surface area contributed by atoms with E-state index >= 15 is 0 Å². The van der Waals surface area contributed by atoms with Crippen LogP contribution in [-0.4, -0.2) is 23.5 Å². The van der Waals surface area contributed by atoms with Gasteiger partial charge in [-0.3, -0.25) is 4.79 Å². The van der Waals surface area contributed by atoms with Crippen molar-refractivity contribution in [2.24, 2.45) is 0 Å². The van der Waals surface area contributed by atoms with Crippen molar-refractivity contribution in [3.8, 4) is 0 Å². The SMILES string of the molecule is CCOC(=O)c1ccccc1NC(=O)c1ccc(Nc2ccc(C)cc2)nc1.